The molecule has 1 aromatic heterocycles. The first-order valence-electron chi connectivity index (χ1n) is 6.81. The van der Waals surface area contributed by atoms with Crippen LogP contribution in [0, 0.1) is 5.92 Å². The van der Waals surface area contributed by atoms with E-state index in [2.05, 4.69) is 11.1 Å². The molecule has 2 aromatic rings. The van der Waals surface area contributed by atoms with E-state index in [1.54, 1.807) is 13.0 Å². The Balaban J connectivity index is 2.10. The van der Waals surface area contributed by atoms with E-state index in [0.717, 1.165) is 11.9 Å². The minimum absolute atomic E-state index is 0.165. The van der Waals surface area contributed by atoms with Crippen molar-refractivity contribution < 1.29 is 9.53 Å². The molecule has 106 valence electrons. The number of para-hydroxylation sites is 1. The average Bonchev–Trinajstić information content (AvgIpc) is 2.82. The topological polar surface area (TPSA) is 68.1 Å². The van der Waals surface area contributed by atoms with Crippen molar-refractivity contribution in [2.75, 3.05) is 6.61 Å². The number of benzene rings is 1. The van der Waals surface area contributed by atoms with Gasteiger partial charge in [-0.15, -0.1) is 0 Å². The summed E-state index contributed by atoms with van der Waals surface area (Å²) in [4.78, 5) is 14.7. The van der Waals surface area contributed by atoms with Gasteiger partial charge in [0, 0.05) is 17.1 Å². The van der Waals surface area contributed by atoms with Gasteiger partial charge in [-0.05, 0) is 30.9 Å². The molecule has 0 fully saturated rings. The molecule has 0 spiro atoms. The molecule has 0 saturated carbocycles. The Bertz CT molecular complexity index is 628. The number of carbonyl (C=O) groups is 1. The Morgan fingerprint density at radius 1 is 1.45 bits per heavy atom. The van der Waals surface area contributed by atoms with Crippen LogP contribution in [0.2, 0.25) is 0 Å². The number of carbonyl (C=O) groups excluding carboxylic acids is 1. The van der Waals surface area contributed by atoms with Crippen molar-refractivity contribution in [2.45, 2.75) is 20.3 Å². The van der Waals surface area contributed by atoms with Crippen LogP contribution in [0.3, 0.4) is 0 Å². The third-order valence-corrected chi connectivity index (χ3v) is 3.19. The van der Waals surface area contributed by atoms with Gasteiger partial charge in [0.15, 0.2) is 0 Å². The average molecular weight is 272 g/mol. The summed E-state index contributed by atoms with van der Waals surface area (Å²) in [6.07, 6.45) is 4.60. The largest absolute Gasteiger partial charge is 0.461 e. The standard InChI is InChI=1S/C16H20N2O2/c1-3-20-16(19)14(17)9-11(2)8-12-10-18-15-7-5-4-6-13(12)15/h4-7,9-11,18H,3,8,17H2,1-2H3. The number of allylic oxidation sites excluding steroid dienone is 1. The summed E-state index contributed by atoms with van der Waals surface area (Å²) in [6.45, 7) is 4.14. The van der Waals surface area contributed by atoms with Gasteiger partial charge in [-0.2, -0.15) is 0 Å². The highest BCUT2D eigenvalue weighted by molar-refractivity contribution is 5.87. The van der Waals surface area contributed by atoms with E-state index in [1.165, 1.54) is 10.9 Å². The molecule has 3 N–H and O–H groups in total. The smallest absolute Gasteiger partial charge is 0.353 e. The molecule has 0 aliphatic heterocycles. The Hall–Kier alpha value is -2.23. The summed E-state index contributed by atoms with van der Waals surface area (Å²) < 4.78 is 4.87. The van der Waals surface area contributed by atoms with E-state index >= 15 is 0 Å². The van der Waals surface area contributed by atoms with Crippen LogP contribution in [0.4, 0.5) is 0 Å². The van der Waals surface area contributed by atoms with E-state index in [4.69, 9.17) is 10.5 Å². The third kappa shape index (κ3) is 3.20. The first-order chi connectivity index (χ1) is 9.61. The summed E-state index contributed by atoms with van der Waals surface area (Å²) in [6, 6.07) is 8.16. The number of hydrogen-bond acceptors (Lipinski definition) is 3. The molecule has 0 amide bonds. The number of aromatic amines is 1. The van der Waals surface area contributed by atoms with Crippen molar-refractivity contribution in [1.29, 1.82) is 0 Å². The van der Waals surface area contributed by atoms with Gasteiger partial charge >= 0.3 is 5.97 Å². The van der Waals surface area contributed by atoms with Crippen LogP contribution in [0.15, 0.2) is 42.2 Å². The maximum atomic E-state index is 11.5. The van der Waals surface area contributed by atoms with Crippen LogP contribution < -0.4 is 5.73 Å². The molecule has 4 heteroatoms. The Labute approximate surface area is 118 Å². The number of ether oxygens (including phenoxy) is 1. The van der Waals surface area contributed by atoms with Crippen LogP contribution >= 0.6 is 0 Å². The van der Waals surface area contributed by atoms with E-state index in [9.17, 15) is 4.79 Å². The quantitative estimate of drug-likeness (QED) is 0.649. The third-order valence-electron chi connectivity index (χ3n) is 3.19. The maximum Gasteiger partial charge on any atom is 0.353 e. The summed E-state index contributed by atoms with van der Waals surface area (Å²) in [5, 5.41) is 1.21. The molecule has 0 bridgehead atoms. The molecule has 4 nitrogen and oxygen atoms in total. The zero-order valence-corrected chi connectivity index (χ0v) is 11.8. The number of H-pyrrole nitrogens is 1. The second-order valence-corrected chi connectivity index (χ2v) is 4.88. The summed E-state index contributed by atoms with van der Waals surface area (Å²) in [5.74, 6) is -0.281. The van der Waals surface area contributed by atoms with Gasteiger partial charge in [-0.3, -0.25) is 0 Å². The van der Waals surface area contributed by atoms with E-state index in [0.29, 0.717) is 6.61 Å². The highest BCUT2D eigenvalue weighted by Gasteiger charge is 2.10. The number of fused-ring (bicyclic) bond motifs is 1. The number of esters is 1. The maximum absolute atomic E-state index is 11.5. The van der Waals surface area contributed by atoms with Gasteiger partial charge in [0.2, 0.25) is 0 Å². The normalized spacial score (nSPS) is 13.4. The molecular formula is C16H20N2O2. The van der Waals surface area contributed by atoms with Crippen molar-refractivity contribution >= 4 is 16.9 Å². The Morgan fingerprint density at radius 3 is 2.95 bits per heavy atom. The molecule has 1 unspecified atom stereocenters. The van der Waals surface area contributed by atoms with Crippen LogP contribution in [0.5, 0.6) is 0 Å². The minimum Gasteiger partial charge on any atom is -0.461 e. The van der Waals surface area contributed by atoms with E-state index < -0.39 is 5.97 Å². The Kier molecular flexibility index (Phi) is 4.45. The lowest BCUT2D eigenvalue weighted by atomic mass is 9.99. The number of aromatic nitrogens is 1. The zero-order chi connectivity index (χ0) is 14.5. The van der Waals surface area contributed by atoms with Gasteiger partial charge in [0.1, 0.15) is 5.70 Å². The number of rotatable bonds is 5. The molecule has 2 rings (SSSR count). The number of nitrogens with one attached hydrogen (secondary N) is 1. The first kappa shape index (κ1) is 14.2. The van der Waals surface area contributed by atoms with Crippen LogP contribution in [-0.2, 0) is 16.0 Å². The van der Waals surface area contributed by atoms with Crippen molar-refractivity contribution in [3.05, 3.63) is 47.8 Å². The lowest BCUT2D eigenvalue weighted by Gasteiger charge is -2.07. The van der Waals surface area contributed by atoms with Crippen LogP contribution in [0.25, 0.3) is 10.9 Å². The fraction of sp³-hybridized carbons (Fsp3) is 0.312. The lowest BCUT2D eigenvalue weighted by molar-refractivity contribution is -0.138. The SMILES string of the molecule is CCOC(=O)C(N)=CC(C)Cc1c[nH]c2ccccc12. The monoisotopic (exact) mass is 272 g/mol. The second kappa shape index (κ2) is 6.28. The highest BCUT2D eigenvalue weighted by Crippen LogP contribution is 2.21. The van der Waals surface area contributed by atoms with Crippen molar-refractivity contribution in [3.8, 4) is 0 Å². The summed E-state index contributed by atoms with van der Waals surface area (Å²) in [7, 11) is 0. The Morgan fingerprint density at radius 2 is 2.20 bits per heavy atom. The van der Waals surface area contributed by atoms with E-state index in [1.807, 2.05) is 31.3 Å². The molecule has 0 aliphatic rings. The van der Waals surface area contributed by atoms with Gasteiger partial charge in [0.05, 0.1) is 6.61 Å². The van der Waals surface area contributed by atoms with Crippen molar-refractivity contribution in [2.24, 2.45) is 11.7 Å². The molecule has 0 saturated heterocycles. The van der Waals surface area contributed by atoms with Crippen LogP contribution in [-0.4, -0.2) is 17.6 Å². The van der Waals surface area contributed by atoms with E-state index in [-0.39, 0.29) is 11.6 Å². The van der Waals surface area contributed by atoms with Gasteiger partial charge in [-0.1, -0.05) is 31.2 Å². The lowest BCUT2D eigenvalue weighted by Crippen LogP contribution is -2.16. The highest BCUT2D eigenvalue weighted by atomic mass is 16.5. The molecule has 1 heterocycles. The van der Waals surface area contributed by atoms with Gasteiger partial charge < -0.3 is 15.5 Å². The van der Waals surface area contributed by atoms with Gasteiger partial charge in [0.25, 0.3) is 0 Å². The van der Waals surface area contributed by atoms with Crippen LogP contribution in [0.1, 0.15) is 19.4 Å². The predicted octanol–water partition coefficient (Wildman–Crippen LogP) is 2.75. The van der Waals surface area contributed by atoms with Crippen molar-refractivity contribution in [1.82, 2.24) is 4.98 Å². The molecular weight excluding hydrogens is 252 g/mol. The molecule has 1 atom stereocenters. The number of hydrogen-bond donors (Lipinski definition) is 2. The first-order valence-corrected chi connectivity index (χ1v) is 6.81. The second-order valence-electron chi connectivity index (χ2n) is 4.88. The molecule has 0 radical (unpaired) electrons. The summed E-state index contributed by atoms with van der Waals surface area (Å²) in [5.41, 5.74) is 8.25. The predicted molar refractivity (Wildman–Crippen MR) is 80.1 cm³/mol. The summed E-state index contributed by atoms with van der Waals surface area (Å²) >= 11 is 0. The number of nitrogens with two attached hydrogens (primary N) is 1. The zero-order valence-electron chi connectivity index (χ0n) is 11.8. The molecule has 20 heavy (non-hydrogen) atoms. The van der Waals surface area contributed by atoms with Crippen molar-refractivity contribution in [3.63, 3.8) is 0 Å². The molecule has 1 aromatic carbocycles. The van der Waals surface area contributed by atoms with Gasteiger partial charge in [-0.25, -0.2) is 4.79 Å². The molecule has 0 aliphatic carbocycles. The fourth-order valence-electron chi connectivity index (χ4n) is 2.30. The minimum atomic E-state index is -0.446. The fourth-order valence-corrected chi connectivity index (χ4v) is 2.30.